The van der Waals surface area contributed by atoms with E-state index in [9.17, 15) is 9.59 Å². The molecule has 0 atom stereocenters. The Morgan fingerprint density at radius 1 is 1.75 bits per heavy atom. The zero-order valence-electron chi connectivity index (χ0n) is 7.20. The van der Waals surface area contributed by atoms with Crippen LogP contribution >= 0.6 is 11.8 Å². The van der Waals surface area contributed by atoms with E-state index in [1.165, 1.54) is 7.11 Å². The Bertz CT molecular complexity index is 181. The molecule has 1 aliphatic rings. The number of ether oxygens (including phenoxy) is 1. The summed E-state index contributed by atoms with van der Waals surface area (Å²) in [4.78, 5) is 20.1. The van der Waals surface area contributed by atoms with Crippen LogP contribution in [0.5, 0.6) is 0 Å². The largest absolute Gasteiger partial charge is 0.469 e. The molecule has 68 valence electrons. The van der Waals surface area contributed by atoms with E-state index in [0.29, 0.717) is 12.2 Å². The Hall–Kier alpha value is -0.770. The van der Waals surface area contributed by atoms with Crippen molar-refractivity contribution in [3.8, 4) is 0 Å². The second kappa shape index (κ2) is 6.91. The van der Waals surface area contributed by atoms with E-state index in [4.69, 9.17) is 0 Å². The van der Waals surface area contributed by atoms with Gasteiger partial charge < -0.3 is 4.74 Å². The molecule has 0 spiro atoms. The second-order valence-electron chi connectivity index (χ2n) is 2.01. The van der Waals surface area contributed by atoms with Crippen LogP contribution in [-0.4, -0.2) is 24.6 Å². The third-order valence-corrected chi connectivity index (χ3v) is 1.87. The zero-order chi connectivity index (χ0) is 9.40. The number of carbonyl (C=O) groups excluding carboxylic acids is 2. The number of carbonyl (C=O) groups is 2. The van der Waals surface area contributed by atoms with E-state index < -0.39 is 0 Å². The number of thioether (sulfide) groups is 1. The van der Waals surface area contributed by atoms with Crippen LogP contribution in [0.4, 0.5) is 0 Å². The summed E-state index contributed by atoms with van der Waals surface area (Å²) in [5.74, 6) is 0.731. The molecule has 0 unspecified atom stereocenters. The van der Waals surface area contributed by atoms with E-state index in [1.807, 2.05) is 5.41 Å². The Kier molecular flexibility index (Phi) is 6.47. The lowest BCUT2D eigenvalue weighted by Crippen LogP contribution is -1.94. The molecule has 0 aliphatic carbocycles. The monoisotopic (exact) mass is 188 g/mol. The van der Waals surface area contributed by atoms with Crippen molar-refractivity contribution < 1.29 is 14.3 Å². The van der Waals surface area contributed by atoms with E-state index >= 15 is 0 Å². The van der Waals surface area contributed by atoms with E-state index in [2.05, 4.69) is 4.74 Å². The van der Waals surface area contributed by atoms with Crippen molar-refractivity contribution in [2.45, 2.75) is 13.3 Å². The summed E-state index contributed by atoms with van der Waals surface area (Å²) in [5, 5.41) is 1.82. The molecule has 0 radical (unpaired) electrons. The van der Waals surface area contributed by atoms with Crippen molar-refractivity contribution in [1.82, 2.24) is 0 Å². The van der Waals surface area contributed by atoms with Gasteiger partial charge in [-0.1, -0.05) is 6.92 Å². The van der Waals surface area contributed by atoms with Crippen LogP contribution in [0, 0.1) is 0 Å². The molecular formula is C8H12O3S. The van der Waals surface area contributed by atoms with Crippen LogP contribution in [0.25, 0.3) is 0 Å². The lowest BCUT2D eigenvalue weighted by molar-refractivity contribution is -0.140. The predicted octanol–water partition coefficient (Wildman–Crippen LogP) is 1.39. The Morgan fingerprint density at radius 2 is 2.42 bits per heavy atom. The molecule has 0 fully saturated rings. The standard InChI is InChI=1S/C4H8O2.C4H4OS/c1-3-4(5)6-2;5-4-1-2-6-3-4/h3H2,1-2H3;1-2H,3H2. The van der Waals surface area contributed by atoms with Gasteiger partial charge in [-0.05, 0) is 11.5 Å². The SMILES string of the molecule is CCC(=O)OC.O=C1C=CSC1. The van der Waals surface area contributed by atoms with Gasteiger partial charge in [-0.25, -0.2) is 0 Å². The fourth-order valence-electron chi connectivity index (χ4n) is 0.447. The van der Waals surface area contributed by atoms with Crippen LogP contribution in [0.1, 0.15) is 13.3 Å². The molecule has 0 saturated heterocycles. The molecule has 3 nitrogen and oxygen atoms in total. The summed E-state index contributed by atoms with van der Waals surface area (Å²) < 4.78 is 4.26. The van der Waals surface area contributed by atoms with Gasteiger partial charge in [0.15, 0.2) is 5.78 Å². The van der Waals surface area contributed by atoms with Gasteiger partial charge in [-0.2, -0.15) is 0 Å². The highest BCUT2D eigenvalue weighted by Crippen LogP contribution is 2.08. The molecule has 0 aromatic carbocycles. The number of hydrogen-bond donors (Lipinski definition) is 0. The van der Waals surface area contributed by atoms with Gasteiger partial charge in [0.1, 0.15) is 0 Å². The lowest BCUT2D eigenvalue weighted by Gasteiger charge is -1.87. The topological polar surface area (TPSA) is 43.4 Å². The van der Waals surface area contributed by atoms with Gasteiger partial charge >= 0.3 is 5.97 Å². The Labute approximate surface area is 76.2 Å². The average molecular weight is 188 g/mol. The minimum absolute atomic E-state index is 0.157. The molecular weight excluding hydrogens is 176 g/mol. The number of rotatable bonds is 1. The first-order valence-corrected chi connectivity index (χ1v) is 4.63. The van der Waals surface area contributed by atoms with Crippen molar-refractivity contribution in [2.24, 2.45) is 0 Å². The van der Waals surface area contributed by atoms with Gasteiger partial charge in [-0.3, -0.25) is 9.59 Å². The summed E-state index contributed by atoms with van der Waals surface area (Å²) in [6, 6.07) is 0. The number of methoxy groups -OCH3 is 1. The van der Waals surface area contributed by atoms with Crippen LogP contribution in [-0.2, 0) is 14.3 Å². The molecule has 0 bridgehead atoms. The smallest absolute Gasteiger partial charge is 0.305 e. The summed E-state index contributed by atoms with van der Waals surface area (Å²) in [6.45, 7) is 1.76. The summed E-state index contributed by atoms with van der Waals surface area (Å²) in [7, 11) is 1.38. The lowest BCUT2D eigenvalue weighted by atomic mass is 10.5. The maximum Gasteiger partial charge on any atom is 0.305 e. The third kappa shape index (κ3) is 5.97. The van der Waals surface area contributed by atoms with Crippen molar-refractivity contribution in [2.75, 3.05) is 12.9 Å². The van der Waals surface area contributed by atoms with Gasteiger partial charge in [0.05, 0.1) is 12.9 Å². The van der Waals surface area contributed by atoms with E-state index in [1.54, 1.807) is 24.8 Å². The molecule has 0 saturated carbocycles. The molecule has 0 aromatic rings. The fraction of sp³-hybridized carbons (Fsp3) is 0.500. The van der Waals surface area contributed by atoms with Gasteiger partial charge in [0.2, 0.25) is 0 Å². The highest BCUT2D eigenvalue weighted by molar-refractivity contribution is 8.03. The number of esters is 1. The highest BCUT2D eigenvalue weighted by atomic mass is 32.2. The third-order valence-electron chi connectivity index (χ3n) is 1.09. The van der Waals surface area contributed by atoms with Crippen molar-refractivity contribution in [3.63, 3.8) is 0 Å². The summed E-state index contributed by atoms with van der Waals surface area (Å²) in [5.41, 5.74) is 0. The first-order chi connectivity index (χ1) is 5.70. The quantitative estimate of drug-likeness (QED) is 0.583. The molecule has 12 heavy (non-hydrogen) atoms. The maximum absolute atomic E-state index is 10.1. The van der Waals surface area contributed by atoms with Gasteiger partial charge in [0, 0.05) is 6.42 Å². The van der Waals surface area contributed by atoms with Crippen molar-refractivity contribution >= 4 is 23.5 Å². The van der Waals surface area contributed by atoms with E-state index in [-0.39, 0.29) is 11.8 Å². The van der Waals surface area contributed by atoms with Gasteiger partial charge in [-0.15, -0.1) is 11.8 Å². The molecule has 1 aliphatic heterocycles. The first kappa shape index (κ1) is 11.2. The second-order valence-corrected chi connectivity index (χ2v) is 2.90. The van der Waals surface area contributed by atoms with Crippen molar-refractivity contribution in [1.29, 1.82) is 0 Å². The molecule has 4 heteroatoms. The van der Waals surface area contributed by atoms with Crippen molar-refractivity contribution in [3.05, 3.63) is 11.5 Å². The predicted molar refractivity (Wildman–Crippen MR) is 48.9 cm³/mol. The summed E-state index contributed by atoms with van der Waals surface area (Å²) >= 11 is 1.55. The van der Waals surface area contributed by atoms with Crippen LogP contribution < -0.4 is 0 Å². The first-order valence-electron chi connectivity index (χ1n) is 3.58. The molecule has 0 N–H and O–H groups in total. The molecule has 0 aromatic heterocycles. The minimum Gasteiger partial charge on any atom is -0.469 e. The Morgan fingerprint density at radius 3 is 2.50 bits per heavy atom. The molecule has 1 heterocycles. The maximum atomic E-state index is 10.1. The Balaban J connectivity index is 0.000000202. The van der Waals surface area contributed by atoms with E-state index in [0.717, 1.165) is 0 Å². The fourth-order valence-corrected chi connectivity index (χ4v) is 1.05. The number of hydrogen-bond acceptors (Lipinski definition) is 4. The molecule has 1 rings (SSSR count). The summed E-state index contributed by atoms with van der Waals surface area (Å²) in [6.07, 6.45) is 2.07. The number of allylic oxidation sites excluding steroid dienone is 1. The van der Waals surface area contributed by atoms with Crippen LogP contribution in [0.15, 0.2) is 11.5 Å². The van der Waals surface area contributed by atoms with Crippen LogP contribution in [0.3, 0.4) is 0 Å². The molecule has 0 amide bonds. The zero-order valence-corrected chi connectivity index (χ0v) is 8.02. The number of ketones is 1. The van der Waals surface area contributed by atoms with Crippen LogP contribution in [0.2, 0.25) is 0 Å². The minimum atomic E-state index is -0.157. The highest BCUT2D eigenvalue weighted by Gasteiger charge is 1.99. The normalized spacial score (nSPS) is 13.7. The van der Waals surface area contributed by atoms with Gasteiger partial charge in [0.25, 0.3) is 0 Å². The average Bonchev–Trinajstić information content (AvgIpc) is 2.55.